The Bertz CT molecular complexity index is 485. The van der Waals surface area contributed by atoms with Gasteiger partial charge in [0, 0.05) is 16.6 Å². The summed E-state index contributed by atoms with van der Waals surface area (Å²) in [7, 11) is 0. The summed E-state index contributed by atoms with van der Waals surface area (Å²) in [5.41, 5.74) is 0.353. The molecular formula is C16H20BrFO2. The molecule has 4 heteroatoms. The molecule has 1 heterocycles. The van der Waals surface area contributed by atoms with Gasteiger partial charge in [0.05, 0.1) is 11.7 Å². The number of hydrogen-bond donors (Lipinski definition) is 1. The van der Waals surface area contributed by atoms with Gasteiger partial charge in [-0.15, -0.1) is 0 Å². The molecule has 2 unspecified atom stereocenters. The molecule has 1 aromatic carbocycles. The van der Waals surface area contributed by atoms with Crippen molar-refractivity contribution in [1.82, 2.24) is 0 Å². The Labute approximate surface area is 127 Å². The molecule has 1 saturated heterocycles. The Morgan fingerprint density at radius 3 is 2.85 bits per heavy atom. The van der Waals surface area contributed by atoms with Gasteiger partial charge in [-0.05, 0) is 49.8 Å². The molecule has 1 aliphatic heterocycles. The minimum absolute atomic E-state index is 0.0492. The normalized spacial score (nSPS) is 26.9. The van der Waals surface area contributed by atoms with Gasteiger partial charge in [-0.1, -0.05) is 28.8 Å². The van der Waals surface area contributed by atoms with Gasteiger partial charge in [0.25, 0.3) is 0 Å². The molecule has 1 spiro atoms. The van der Waals surface area contributed by atoms with E-state index in [0.29, 0.717) is 12.2 Å². The molecule has 3 rings (SSSR count). The van der Waals surface area contributed by atoms with E-state index in [1.807, 2.05) is 0 Å². The Kier molecular flexibility index (Phi) is 4.16. The average Bonchev–Trinajstić information content (AvgIpc) is 2.88. The summed E-state index contributed by atoms with van der Waals surface area (Å²) in [6.07, 6.45) is 5.47. The topological polar surface area (TPSA) is 29.5 Å². The second-order valence-electron chi connectivity index (χ2n) is 6.10. The fourth-order valence-corrected chi connectivity index (χ4v) is 4.08. The first kappa shape index (κ1) is 14.5. The highest BCUT2D eigenvalue weighted by molar-refractivity contribution is 9.10. The van der Waals surface area contributed by atoms with E-state index in [2.05, 4.69) is 15.9 Å². The van der Waals surface area contributed by atoms with Crippen LogP contribution in [0.1, 0.15) is 50.2 Å². The van der Waals surface area contributed by atoms with E-state index in [1.165, 1.54) is 18.9 Å². The first-order valence-electron chi connectivity index (χ1n) is 7.37. The molecule has 1 aliphatic carbocycles. The van der Waals surface area contributed by atoms with Crippen LogP contribution in [0.5, 0.6) is 0 Å². The smallest absolute Gasteiger partial charge is 0.129 e. The number of aliphatic hydroxyl groups excluding tert-OH is 1. The van der Waals surface area contributed by atoms with Crippen LogP contribution < -0.4 is 0 Å². The first-order chi connectivity index (χ1) is 9.60. The molecular weight excluding hydrogens is 323 g/mol. The lowest BCUT2D eigenvalue weighted by molar-refractivity contribution is -0.113. The van der Waals surface area contributed by atoms with Crippen LogP contribution in [0.4, 0.5) is 4.39 Å². The third kappa shape index (κ3) is 2.78. The second-order valence-corrected chi connectivity index (χ2v) is 7.02. The third-order valence-corrected chi connectivity index (χ3v) is 5.26. The van der Waals surface area contributed by atoms with Crippen LogP contribution in [0.2, 0.25) is 0 Å². The average molecular weight is 343 g/mol. The Balaban J connectivity index is 1.79. The Morgan fingerprint density at radius 1 is 1.35 bits per heavy atom. The van der Waals surface area contributed by atoms with Crippen LogP contribution in [-0.2, 0) is 4.74 Å². The number of halogens is 2. The maximum Gasteiger partial charge on any atom is 0.129 e. The highest BCUT2D eigenvalue weighted by atomic mass is 79.9. The van der Waals surface area contributed by atoms with Gasteiger partial charge >= 0.3 is 0 Å². The molecule has 2 fully saturated rings. The molecule has 0 amide bonds. The van der Waals surface area contributed by atoms with Crippen molar-refractivity contribution in [3.8, 4) is 0 Å². The zero-order chi connectivity index (χ0) is 14.2. The maximum absolute atomic E-state index is 13.9. The predicted molar refractivity (Wildman–Crippen MR) is 78.9 cm³/mol. The van der Waals surface area contributed by atoms with Crippen molar-refractivity contribution >= 4 is 15.9 Å². The molecule has 2 nitrogen and oxygen atoms in total. The van der Waals surface area contributed by atoms with Crippen LogP contribution in [0.25, 0.3) is 0 Å². The van der Waals surface area contributed by atoms with Gasteiger partial charge in [-0.25, -0.2) is 4.39 Å². The predicted octanol–water partition coefficient (Wildman–Crippen LogP) is 4.36. The highest BCUT2D eigenvalue weighted by Gasteiger charge is 2.42. The summed E-state index contributed by atoms with van der Waals surface area (Å²) < 4.78 is 20.7. The maximum atomic E-state index is 13.9. The van der Waals surface area contributed by atoms with Crippen LogP contribution >= 0.6 is 15.9 Å². The lowest BCUT2D eigenvalue weighted by Crippen LogP contribution is -2.39. The highest BCUT2D eigenvalue weighted by Crippen LogP contribution is 2.45. The number of ether oxygens (including phenoxy) is 1. The fraction of sp³-hybridized carbons (Fsp3) is 0.625. The van der Waals surface area contributed by atoms with Crippen molar-refractivity contribution < 1.29 is 14.2 Å². The quantitative estimate of drug-likeness (QED) is 0.865. The molecule has 2 atom stereocenters. The fourth-order valence-electron chi connectivity index (χ4n) is 3.70. The lowest BCUT2D eigenvalue weighted by atomic mass is 9.80. The Morgan fingerprint density at radius 2 is 2.10 bits per heavy atom. The zero-order valence-electron chi connectivity index (χ0n) is 11.4. The zero-order valence-corrected chi connectivity index (χ0v) is 13.0. The summed E-state index contributed by atoms with van der Waals surface area (Å²) in [5, 5.41) is 10.6. The third-order valence-electron chi connectivity index (χ3n) is 4.77. The van der Waals surface area contributed by atoms with Crippen molar-refractivity contribution in [3.63, 3.8) is 0 Å². The van der Waals surface area contributed by atoms with Gasteiger partial charge < -0.3 is 9.84 Å². The van der Waals surface area contributed by atoms with Crippen molar-refractivity contribution in [2.75, 3.05) is 6.61 Å². The minimum atomic E-state index is -0.742. The van der Waals surface area contributed by atoms with Gasteiger partial charge in [-0.3, -0.25) is 0 Å². The van der Waals surface area contributed by atoms with E-state index in [1.54, 1.807) is 12.1 Å². The summed E-state index contributed by atoms with van der Waals surface area (Å²) >= 11 is 3.35. The molecule has 0 aromatic heterocycles. The molecule has 110 valence electrons. The SMILES string of the molecule is OC(c1cc(Br)ccc1F)C1CCOC2(CCCC2)C1. The van der Waals surface area contributed by atoms with E-state index < -0.39 is 6.10 Å². The van der Waals surface area contributed by atoms with Crippen LogP contribution in [-0.4, -0.2) is 17.3 Å². The van der Waals surface area contributed by atoms with Crippen LogP contribution in [0, 0.1) is 11.7 Å². The summed E-state index contributed by atoms with van der Waals surface area (Å²) in [4.78, 5) is 0. The van der Waals surface area contributed by atoms with Gasteiger partial charge in [0.1, 0.15) is 5.82 Å². The van der Waals surface area contributed by atoms with Crippen molar-refractivity contribution in [1.29, 1.82) is 0 Å². The molecule has 2 aliphatic rings. The van der Waals surface area contributed by atoms with Gasteiger partial charge in [-0.2, -0.15) is 0 Å². The largest absolute Gasteiger partial charge is 0.388 e. The van der Waals surface area contributed by atoms with Gasteiger partial charge in [0.2, 0.25) is 0 Å². The molecule has 1 saturated carbocycles. The van der Waals surface area contributed by atoms with Crippen LogP contribution in [0.3, 0.4) is 0 Å². The van der Waals surface area contributed by atoms with E-state index in [9.17, 15) is 9.50 Å². The molecule has 0 radical (unpaired) electrons. The molecule has 20 heavy (non-hydrogen) atoms. The van der Waals surface area contributed by atoms with E-state index in [0.717, 1.165) is 30.2 Å². The summed E-state index contributed by atoms with van der Waals surface area (Å²) in [6, 6.07) is 4.76. The lowest BCUT2D eigenvalue weighted by Gasteiger charge is -2.40. The Hall–Kier alpha value is -0.450. The molecule has 0 bridgehead atoms. The van der Waals surface area contributed by atoms with Crippen molar-refractivity contribution in [2.24, 2.45) is 5.92 Å². The summed E-state index contributed by atoms with van der Waals surface area (Å²) in [5.74, 6) is -0.238. The second kappa shape index (κ2) is 5.74. The van der Waals surface area contributed by atoms with E-state index in [-0.39, 0.29) is 17.3 Å². The number of benzene rings is 1. The van der Waals surface area contributed by atoms with Gasteiger partial charge in [0.15, 0.2) is 0 Å². The van der Waals surface area contributed by atoms with E-state index in [4.69, 9.17) is 4.74 Å². The molecule has 1 N–H and O–H groups in total. The van der Waals surface area contributed by atoms with Crippen molar-refractivity contribution in [3.05, 3.63) is 34.1 Å². The standard InChI is InChI=1S/C16H20BrFO2/c17-12-3-4-14(18)13(9-12)15(19)11-5-8-20-16(10-11)6-1-2-7-16/h3-4,9,11,15,19H,1-2,5-8,10H2. The molecule has 1 aromatic rings. The van der Waals surface area contributed by atoms with Crippen LogP contribution in [0.15, 0.2) is 22.7 Å². The monoisotopic (exact) mass is 342 g/mol. The number of rotatable bonds is 2. The van der Waals surface area contributed by atoms with Crippen molar-refractivity contribution in [2.45, 2.75) is 50.2 Å². The number of hydrogen-bond acceptors (Lipinski definition) is 2. The van der Waals surface area contributed by atoms with E-state index >= 15 is 0 Å². The summed E-state index contributed by atoms with van der Waals surface area (Å²) in [6.45, 7) is 0.678. The first-order valence-corrected chi connectivity index (χ1v) is 8.16. The minimum Gasteiger partial charge on any atom is -0.388 e. The number of aliphatic hydroxyl groups is 1.